The van der Waals surface area contributed by atoms with E-state index in [-0.39, 0.29) is 0 Å². The highest BCUT2D eigenvalue weighted by atomic mass is 35.5. The van der Waals surface area contributed by atoms with Gasteiger partial charge in [0.1, 0.15) is 5.15 Å². The number of anilines is 1. The molecule has 0 aliphatic carbocycles. The Balaban J connectivity index is 2.81. The summed E-state index contributed by atoms with van der Waals surface area (Å²) in [5.74, 6) is 0. The van der Waals surface area contributed by atoms with E-state index in [1.165, 1.54) is 6.20 Å². The summed E-state index contributed by atoms with van der Waals surface area (Å²) in [6.07, 6.45) is 6.18. The van der Waals surface area contributed by atoms with Crippen LogP contribution in [0.5, 0.6) is 0 Å². The predicted molar refractivity (Wildman–Crippen MR) is 56.4 cm³/mol. The molecule has 1 aromatic rings. The average Bonchev–Trinajstić information content (AvgIpc) is 2.11. The van der Waals surface area contributed by atoms with Crippen molar-refractivity contribution < 1.29 is 0 Å². The second-order valence-corrected chi connectivity index (χ2v) is 2.99. The van der Waals surface area contributed by atoms with E-state index in [0.717, 1.165) is 12.0 Å². The first-order valence-electron chi connectivity index (χ1n) is 4.01. The molecular weight excluding hydrogens is 186 g/mol. The van der Waals surface area contributed by atoms with E-state index in [1.807, 2.05) is 12.2 Å². The van der Waals surface area contributed by atoms with E-state index in [2.05, 4.69) is 4.98 Å². The van der Waals surface area contributed by atoms with Crippen molar-refractivity contribution in [1.82, 2.24) is 4.98 Å². The largest absolute Gasteiger partial charge is 0.397 e. The molecule has 0 fully saturated rings. The van der Waals surface area contributed by atoms with Crippen molar-refractivity contribution in [1.29, 1.82) is 0 Å². The predicted octanol–water partition coefficient (Wildman–Crippen LogP) is 1.68. The smallest absolute Gasteiger partial charge is 0.136 e. The summed E-state index contributed by atoms with van der Waals surface area (Å²) in [5.41, 5.74) is 12.3. The molecule has 4 N–H and O–H groups in total. The van der Waals surface area contributed by atoms with Crippen molar-refractivity contribution in [2.75, 3.05) is 12.3 Å². The molecule has 1 rings (SSSR count). The van der Waals surface area contributed by atoms with Crippen LogP contribution in [0.25, 0.3) is 6.08 Å². The van der Waals surface area contributed by atoms with Crippen LogP contribution in [0.1, 0.15) is 12.0 Å². The van der Waals surface area contributed by atoms with E-state index >= 15 is 0 Å². The number of pyridine rings is 1. The van der Waals surface area contributed by atoms with Crippen LogP contribution in [0.15, 0.2) is 18.3 Å². The molecule has 0 unspecified atom stereocenters. The standard InChI is InChI=1S/C9H12ClN3/c10-9-7(3-1-2-4-11)5-8(12)6-13-9/h1,3,5-6H,2,4,11-12H2. The van der Waals surface area contributed by atoms with Crippen LogP contribution in [0.3, 0.4) is 0 Å². The lowest BCUT2D eigenvalue weighted by Crippen LogP contribution is -1.95. The van der Waals surface area contributed by atoms with Gasteiger partial charge in [0, 0.05) is 5.56 Å². The minimum atomic E-state index is 0.461. The number of halogens is 1. The van der Waals surface area contributed by atoms with Gasteiger partial charge >= 0.3 is 0 Å². The summed E-state index contributed by atoms with van der Waals surface area (Å²) >= 11 is 5.83. The van der Waals surface area contributed by atoms with Gasteiger partial charge in [0.2, 0.25) is 0 Å². The Hall–Kier alpha value is -1.06. The Kier molecular flexibility index (Phi) is 3.73. The third-order valence-electron chi connectivity index (χ3n) is 1.52. The van der Waals surface area contributed by atoms with Gasteiger partial charge in [0.15, 0.2) is 0 Å². The fraction of sp³-hybridized carbons (Fsp3) is 0.222. The molecule has 0 saturated heterocycles. The molecule has 0 amide bonds. The lowest BCUT2D eigenvalue weighted by Gasteiger charge is -1.98. The third-order valence-corrected chi connectivity index (χ3v) is 1.83. The van der Waals surface area contributed by atoms with E-state index in [4.69, 9.17) is 23.1 Å². The number of aromatic nitrogens is 1. The van der Waals surface area contributed by atoms with Crippen molar-refractivity contribution in [3.05, 3.63) is 29.1 Å². The van der Waals surface area contributed by atoms with Gasteiger partial charge in [0.05, 0.1) is 11.9 Å². The summed E-state index contributed by atoms with van der Waals surface area (Å²) in [5, 5.41) is 0.461. The minimum absolute atomic E-state index is 0.461. The van der Waals surface area contributed by atoms with Crippen LogP contribution in [0.4, 0.5) is 5.69 Å². The molecule has 0 atom stereocenters. The second kappa shape index (κ2) is 4.84. The Labute approximate surface area is 82.4 Å². The third kappa shape index (κ3) is 3.05. The average molecular weight is 198 g/mol. The Morgan fingerprint density at radius 1 is 1.54 bits per heavy atom. The molecule has 3 nitrogen and oxygen atoms in total. The van der Waals surface area contributed by atoms with Crippen molar-refractivity contribution in [3.8, 4) is 0 Å². The van der Waals surface area contributed by atoms with Gasteiger partial charge < -0.3 is 11.5 Å². The van der Waals surface area contributed by atoms with E-state index in [0.29, 0.717) is 17.4 Å². The normalized spacial score (nSPS) is 10.9. The van der Waals surface area contributed by atoms with Crippen LogP contribution in [0.2, 0.25) is 5.15 Å². The summed E-state index contributed by atoms with van der Waals surface area (Å²) in [6.45, 7) is 0.629. The number of hydrogen-bond donors (Lipinski definition) is 2. The lowest BCUT2D eigenvalue weighted by atomic mass is 10.2. The molecule has 1 heterocycles. The van der Waals surface area contributed by atoms with Crippen LogP contribution in [0, 0.1) is 0 Å². The quantitative estimate of drug-likeness (QED) is 0.725. The first-order chi connectivity index (χ1) is 6.24. The fourth-order valence-electron chi connectivity index (χ4n) is 0.906. The van der Waals surface area contributed by atoms with Crippen LogP contribution < -0.4 is 11.5 Å². The first kappa shape index (κ1) is 10.0. The molecule has 70 valence electrons. The maximum atomic E-state index is 5.83. The Bertz CT molecular complexity index is 310. The van der Waals surface area contributed by atoms with Crippen LogP contribution >= 0.6 is 11.6 Å². The van der Waals surface area contributed by atoms with Crippen LogP contribution in [-0.4, -0.2) is 11.5 Å². The molecule has 0 aromatic carbocycles. The van der Waals surface area contributed by atoms with E-state index in [9.17, 15) is 0 Å². The zero-order valence-electron chi connectivity index (χ0n) is 7.20. The fourth-order valence-corrected chi connectivity index (χ4v) is 1.07. The molecular formula is C9H12ClN3. The summed E-state index contributed by atoms with van der Waals surface area (Å²) in [7, 11) is 0. The first-order valence-corrected chi connectivity index (χ1v) is 4.39. The summed E-state index contributed by atoms with van der Waals surface area (Å²) in [6, 6.07) is 1.78. The monoisotopic (exact) mass is 197 g/mol. The topological polar surface area (TPSA) is 64.9 Å². The number of nitrogens with zero attached hydrogens (tertiary/aromatic N) is 1. The van der Waals surface area contributed by atoms with Gasteiger partial charge in [-0.15, -0.1) is 0 Å². The molecule has 1 aromatic heterocycles. The Morgan fingerprint density at radius 3 is 3.00 bits per heavy atom. The zero-order chi connectivity index (χ0) is 9.68. The number of hydrogen-bond acceptors (Lipinski definition) is 3. The van der Waals surface area contributed by atoms with Gasteiger partial charge in [0.25, 0.3) is 0 Å². The molecule has 0 aliphatic rings. The van der Waals surface area contributed by atoms with Crippen molar-refractivity contribution in [3.63, 3.8) is 0 Å². The molecule has 0 spiro atoms. The summed E-state index contributed by atoms with van der Waals surface area (Å²) < 4.78 is 0. The lowest BCUT2D eigenvalue weighted by molar-refractivity contribution is 1.01. The van der Waals surface area contributed by atoms with E-state index < -0.39 is 0 Å². The van der Waals surface area contributed by atoms with E-state index in [1.54, 1.807) is 6.07 Å². The highest BCUT2D eigenvalue weighted by Gasteiger charge is 1.97. The van der Waals surface area contributed by atoms with Gasteiger partial charge in [-0.1, -0.05) is 23.8 Å². The van der Waals surface area contributed by atoms with Gasteiger partial charge in [-0.3, -0.25) is 0 Å². The molecule has 13 heavy (non-hydrogen) atoms. The summed E-state index contributed by atoms with van der Waals surface area (Å²) in [4.78, 5) is 3.92. The molecule has 0 bridgehead atoms. The second-order valence-electron chi connectivity index (χ2n) is 2.63. The van der Waals surface area contributed by atoms with Gasteiger partial charge in [-0.25, -0.2) is 4.98 Å². The van der Waals surface area contributed by atoms with Crippen molar-refractivity contribution in [2.45, 2.75) is 6.42 Å². The molecule has 4 heteroatoms. The molecule has 0 aliphatic heterocycles. The number of rotatable bonds is 3. The van der Waals surface area contributed by atoms with Gasteiger partial charge in [-0.05, 0) is 19.0 Å². The highest BCUT2D eigenvalue weighted by Crippen LogP contribution is 2.16. The molecule has 0 saturated carbocycles. The minimum Gasteiger partial charge on any atom is -0.397 e. The van der Waals surface area contributed by atoms with Crippen LogP contribution in [-0.2, 0) is 0 Å². The molecule has 0 radical (unpaired) electrons. The zero-order valence-corrected chi connectivity index (χ0v) is 7.96. The Morgan fingerprint density at radius 2 is 2.31 bits per heavy atom. The maximum Gasteiger partial charge on any atom is 0.136 e. The SMILES string of the molecule is NCCC=Cc1cc(N)cnc1Cl. The van der Waals surface area contributed by atoms with Crippen molar-refractivity contribution >= 4 is 23.4 Å². The van der Waals surface area contributed by atoms with Crippen molar-refractivity contribution in [2.24, 2.45) is 5.73 Å². The maximum absolute atomic E-state index is 5.83. The highest BCUT2D eigenvalue weighted by molar-refractivity contribution is 6.30. The number of nitrogens with two attached hydrogens (primary N) is 2. The van der Waals surface area contributed by atoms with Gasteiger partial charge in [-0.2, -0.15) is 0 Å². The number of nitrogen functional groups attached to an aromatic ring is 1.